The van der Waals surface area contributed by atoms with E-state index in [0.717, 1.165) is 18.5 Å². The zero-order valence-corrected chi connectivity index (χ0v) is 13.2. The Labute approximate surface area is 129 Å². The van der Waals surface area contributed by atoms with Crippen molar-refractivity contribution in [2.24, 2.45) is 5.92 Å². The summed E-state index contributed by atoms with van der Waals surface area (Å²) in [7, 11) is 0. The van der Waals surface area contributed by atoms with E-state index >= 15 is 0 Å². The predicted molar refractivity (Wildman–Crippen MR) is 82.7 cm³/mol. The first-order valence-corrected chi connectivity index (χ1v) is 7.79. The summed E-state index contributed by atoms with van der Waals surface area (Å²) >= 11 is 12.3. The Morgan fingerprint density at radius 2 is 1.95 bits per heavy atom. The van der Waals surface area contributed by atoms with Gasteiger partial charge in [0.2, 0.25) is 0 Å². The molecule has 1 aromatic carbocycles. The second-order valence-electron chi connectivity index (χ2n) is 5.94. The molecule has 3 nitrogen and oxygen atoms in total. The van der Waals surface area contributed by atoms with Crippen LogP contribution in [0.25, 0.3) is 0 Å². The molecule has 2 aliphatic rings. The monoisotopic (exact) mass is 312 g/mol. The van der Waals surface area contributed by atoms with E-state index in [0.29, 0.717) is 28.5 Å². The third kappa shape index (κ3) is 2.38. The molecule has 3 rings (SSSR count). The molecule has 0 bridgehead atoms. The standard InChI is InChI=1S/C15H18Cl2N2O/c1-9(2)14-8-18(15(20)19(14)11-4-5-11)13-7-10(16)3-6-12(13)17/h3,6-7,9,11,14H,4-5,8H2,1-2H3. The van der Waals surface area contributed by atoms with Crippen LogP contribution < -0.4 is 4.90 Å². The largest absolute Gasteiger partial charge is 0.325 e. The van der Waals surface area contributed by atoms with Crippen LogP contribution >= 0.6 is 23.2 Å². The number of carbonyl (C=O) groups is 1. The van der Waals surface area contributed by atoms with E-state index < -0.39 is 0 Å². The maximum atomic E-state index is 12.7. The lowest BCUT2D eigenvalue weighted by Gasteiger charge is -2.25. The van der Waals surface area contributed by atoms with E-state index in [1.54, 1.807) is 23.1 Å². The number of rotatable bonds is 3. The second-order valence-corrected chi connectivity index (χ2v) is 6.78. The number of halogens is 2. The van der Waals surface area contributed by atoms with E-state index in [4.69, 9.17) is 23.2 Å². The summed E-state index contributed by atoms with van der Waals surface area (Å²) in [5, 5.41) is 1.17. The van der Waals surface area contributed by atoms with Crippen LogP contribution in [0.15, 0.2) is 18.2 Å². The normalized spacial score (nSPS) is 23.1. The molecule has 5 heteroatoms. The van der Waals surface area contributed by atoms with Crippen LogP contribution in [0.1, 0.15) is 26.7 Å². The highest BCUT2D eigenvalue weighted by atomic mass is 35.5. The molecule has 1 saturated heterocycles. The van der Waals surface area contributed by atoms with Gasteiger partial charge in [-0.25, -0.2) is 4.79 Å². The Hall–Kier alpha value is -0.930. The summed E-state index contributed by atoms with van der Waals surface area (Å²) in [6.07, 6.45) is 2.23. The second kappa shape index (κ2) is 5.12. The molecule has 1 heterocycles. The number of benzene rings is 1. The molecule has 1 aromatic rings. The van der Waals surface area contributed by atoms with Crippen molar-refractivity contribution in [1.29, 1.82) is 0 Å². The van der Waals surface area contributed by atoms with Gasteiger partial charge in [-0.2, -0.15) is 0 Å². The van der Waals surface area contributed by atoms with E-state index in [-0.39, 0.29) is 12.1 Å². The van der Waals surface area contributed by atoms with Crippen LogP contribution in [0.5, 0.6) is 0 Å². The smallest absolute Gasteiger partial charge is 0.316 e. The van der Waals surface area contributed by atoms with Gasteiger partial charge in [0.05, 0.1) is 16.8 Å². The summed E-state index contributed by atoms with van der Waals surface area (Å²) in [5.74, 6) is 0.433. The fourth-order valence-electron chi connectivity index (χ4n) is 2.84. The Kier molecular flexibility index (Phi) is 3.59. The highest BCUT2D eigenvalue weighted by molar-refractivity contribution is 6.35. The molecule has 108 valence electrons. The number of hydrogen-bond acceptors (Lipinski definition) is 1. The minimum atomic E-state index is 0.0652. The molecule has 2 amide bonds. The molecule has 0 spiro atoms. The molecule has 0 aromatic heterocycles. The first-order chi connectivity index (χ1) is 9.49. The molecule has 20 heavy (non-hydrogen) atoms. The highest BCUT2D eigenvalue weighted by Gasteiger charge is 2.46. The molecular weight excluding hydrogens is 295 g/mol. The lowest BCUT2D eigenvalue weighted by molar-refractivity contribution is 0.187. The summed E-state index contributed by atoms with van der Waals surface area (Å²) in [6, 6.07) is 6.00. The molecule has 1 aliphatic heterocycles. The van der Waals surface area contributed by atoms with Gasteiger partial charge in [-0.3, -0.25) is 4.90 Å². The Balaban J connectivity index is 1.94. The predicted octanol–water partition coefficient (Wildman–Crippen LogP) is 4.42. The van der Waals surface area contributed by atoms with Crippen molar-refractivity contribution in [3.05, 3.63) is 28.2 Å². The number of nitrogens with zero attached hydrogens (tertiary/aromatic N) is 2. The van der Waals surface area contributed by atoms with Crippen molar-refractivity contribution in [2.75, 3.05) is 11.4 Å². The molecule has 1 saturated carbocycles. The Morgan fingerprint density at radius 1 is 1.25 bits per heavy atom. The van der Waals surface area contributed by atoms with Gasteiger partial charge in [-0.1, -0.05) is 37.0 Å². The van der Waals surface area contributed by atoms with Gasteiger partial charge < -0.3 is 4.90 Å². The third-order valence-corrected chi connectivity index (χ3v) is 4.64. The Morgan fingerprint density at radius 3 is 2.55 bits per heavy atom. The van der Waals surface area contributed by atoms with Gasteiger partial charge in [-0.15, -0.1) is 0 Å². The van der Waals surface area contributed by atoms with E-state index in [1.807, 2.05) is 4.90 Å². The summed E-state index contributed by atoms with van der Waals surface area (Å²) < 4.78 is 0. The maximum Gasteiger partial charge on any atom is 0.325 e. The van der Waals surface area contributed by atoms with E-state index in [2.05, 4.69) is 13.8 Å². The first-order valence-electron chi connectivity index (χ1n) is 7.04. The SMILES string of the molecule is CC(C)C1CN(c2cc(Cl)ccc2Cl)C(=O)N1C1CC1. The van der Waals surface area contributed by atoms with Crippen molar-refractivity contribution < 1.29 is 4.79 Å². The van der Waals surface area contributed by atoms with Crippen molar-refractivity contribution >= 4 is 34.9 Å². The molecule has 0 N–H and O–H groups in total. The van der Waals surface area contributed by atoms with Gasteiger partial charge in [0, 0.05) is 17.6 Å². The quantitative estimate of drug-likeness (QED) is 0.810. The van der Waals surface area contributed by atoms with Crippen molar-refractivity contribution in [2.45, 2.75) is 38.8 Å². The minimum absolute atomic E-state index is 0.0652. The zero-order chi connectivity index (χ0) is 14.4. The van der Waals surface area contributed by atoms with Crippen LogP contribution in [0, 0.1) is 5.92 Å². The minimum Gasteiger partial charge on any atom is -0.316 e. The molecular formula is C15H18Cl2N2O. The first kappa shape index (κ1) is 14.0. The summed E-state index contributed by atoms with van der Waals surface area (Å²) in [5.41, 5.74) is 0.720. The van der Waals surface area contributed by atoms with Crippen LogP contribution in [0.4, 0.5) is 10.5 Å². The van der Waals surface area contributed by atoms with Crippen LogP contribution in [0.3, 0.4) is 0 Å². The van der Waals surface area contributed by atoms with Crippen molar-refractivity contribution in [3.8, 4) is 0 Å². The lowest BCUT2D eigenvalue weighted by atomic mass is 10.0. The van der Waals surface area contributed by atoms with Gasteiger partial charge in [-0.05, 0) is 37.0 Å². The van der Waals surface area contributed by atoms with E-state index in [1.165, 1.54) is 0 Å². The zero-order valence-electron chi connectivity index (χ0n) is 11.6. The number of hydrogen-bond donors (Lipinski definition) is 0. The summed E-state index contributed by atoms with van der Waals surface area (Å²) in [6.45, 7) is 5.01. The molecule has 1 unspecified atom stereocenters. The average molecular weight is 313 g/mol. The number of anilines is 1. The fraction of sp³-hybridized carbons (Fsp3) is 0.533. The average Bonchev–Trinajstić information content (AvgIpc) is 3.16. The fourth-order valence-corrected chi connectivity index (χ4v) is 3.23. The topological polar surface area (TPSA) is 23.6 Å². The van der Waals surface area contributed by atoms with Crippen LogP contribution in [-0.2, 0) is 0 Å². The maximum absolute atomic E-state index is 12.7. The van der Waals surface area contributed by atoms with Crippen molar-refractivity contribution in [1.82, 2.24) is 4.90 Å². The van der Waals surface area contributed by atoms with Gasteiger partial charge in [0.25, 0.3) is 0 Å². The van der Waals surface area contributed by atoms with Crippen LogP contribution in [0.2, 0.25) is 10.0 Å². The van der Waals surface area contributed by atoms with Gasteiger partial charge in [0.1, 0.15) is 0 Å². The van der Waals surface area contributed by atoms with Gasteiger partial charge in [0.15, 0.2) is 0 Å². The van der Waals surface area contributed by atoms with E-state index in [9.17, 15) is 4.79 Å². The van der Waals surface area contributed by atoms with Gasteiger partial charge >= 0.3 is 6.03 Å². The number of carbonyl (C=O) groups excluding carboxylic acids is 1. The molecule has 0 radical (unpaired) electrons. The third-order valence-electron chi connectivity index (χ3n) is 4.09. The molecule has 1 aliphatic carbocycles. The number of amides is 2. The van der Waals surface area contributed by atoms with Crippen molar-refractivity contribution in [3.63, 3.8) is 0 Å². The number of urea groups is 1. The molecule has 2 fully saturated rings. The van der Waals surface area contributed by atoms with Crippen LogP contribution in [-0.4, -0.2) is 29.6 Å². The summed E-state index contributed by atoms with van der Waals surface area (Å²) in [4.78, 5) is 16.5. The highest BCUT2D eigenvalue weighted by Crippen LogP contribution is 2.39. The Bertz CT molecular complexity index is 543. The molecule has 1 atom stereocenters. The lowest BCUT2D eigenvalue weighted by Crippen LogP contribution is -2.39.